The zero-order chi connectivity index (χ0) is 14.1. The molecule has 0 heterocycles. The molecule has 0 fully saturated rings. The fourth-order valence-electron chi connectivity index (χ4n) is 2.16. The third kappa shape index (κ3) is 2.47. The summed E-state index contributed by atoms with van der Waals surface area (Å²) in [5.74, 6) is 0. The zero-order valence-electron chi connectivity index (χ0n) is 10.5. The average molecular weight is 348 g/mol. The Morgan fingerprint density at radius 2 is 1.60 bits per heavy atom. The van der Waals surface area contributed by atoms with Gasteiger partial charge in [-0.3, -0.25) is 0 Å². The van der Waals surface area contributed by atoms with E-state index in [0.29, 0.717) is 10.7 Å². The zero-order valence-corrected chi connectivity index (χ0v) is 12.9. The molecule has 0 unspecified atom stereocenters. The molecule has 0 spiro atoms. The van der Waals surface area contributed by atoms with Crippen LogP contribution in [0.25, 0.3) is 10.8 Å². The highest BCUT2D eigenvalue weighted by molar-refractivity contribution is 9.10. The summed E-state index contributed by atoms with van der Waals surface area (Å²) in [6, 6.07) is 17.7. The highest BCUT2D eigenvalue weighted by atomic mass is 79.9. The van der Waals surface area contributed by atoms with Crippen molar-refractivity contribution in [1.82, 2.24) is 0 Å². The minimum absolute atomic E-state index is 0.629. The van der Waals surface area contributed by atoms with E-state index in [1.54, 1.807) is 6.07 Å². The quantitative estimate of drug-likeness (QED) is 0.594. The van der Waals surface area contributed by atoms with E-state index in [1.165, 1.54) is 0 Å². The predicted octanol–water partition coefficient (Wildman–Crippen LogP) is 5.58. The second-order valence-electron chi connectivity index (χ2n) is 4.50. The Morgan fingerprint density at radius 1 is 0.900 bits per heavy atom. The van der Waals surface area contributed by atoms with Crippen LogP contribution in [0.1, 0.15) is 0 Å². The molecule has 0 aliphatic heterocycles. The summed E-state index contributed by atoms with van der Waals surface area (Å²) in [5.41, 5.74) is 8.48. The van der Waals surface area contributed by atoms with Crippen LogP contribution in [0.15, 0.2) is 59.1 Å². The van der Waals surface area contributed by atoms with Crippen LogP contribution in [-0.4, -0.2) is 0 Å². The molecule has 0 bridgehead atoms. The van der Waals surface area contributed by atoms with E-state index in [-0.39, 0.29) is 0 Å². The molecule has 3 N–H and O–H groups in total. The van der Waals surface area contributed by atoms with E-state index in [2.05, 4.69) is 33.4 Å². The van der Waals surface area contributed by atoms with Crippen molar-refractivity contribution in [3.05, 3.63) is 64.1 Å². The number of nitrogens with one attached hydrogen (secondary N) is 1. The van der Waals surface area contributed by atoms with E-state index >= 15 is 0 Å². The molecule has 0 amide bonds. The second kappa shape index (κ2) is 5.35. The number of anilines is 3. The Balaban J connectivity index is 2.09. The molecule has 0 saturated heterocycles. The Bertz CT molecular complexity index is 787. The van der Waals surface area contributed by atoms with Crippen LogP contribution in [0.3, 0.4) is 0 Å². The standard InChI is InChI=1S/C16H12BrClN2/c17-13-6-8-15(12-4-2-1-3-11(12)13)20-16-7-5-10(18)9-14(16)19/h1-9,20H,19H2. The molecule has 0 saturated carbocycles. The first-order valence-corrected chi connectivity index (χ1v) is 7.31. The van der Waals surface area contributed by atoms with Crippen LogP contribution in [0.4, 0.5) is 17.1 Å². The number of hydrogen-bond donors (Lipinski definition) is 2. The van der Waals surface area contributed by atoms with Gasteiger partial charge in [-0.2, -0.15) is 0 Å². The van der Waals surface area contributed by atoms with Crippen molar-refractivity contribution in [2.75, 3.05) is 11.1 Å². The molecule has 0 atom stereocenters. The first kappa shape index (κ1) is 13.3. The lowest BCUT2D eigenvalue weighted by molar-refractivity contribution is 1.56. The lowest BCUT2D eigenvalue weighted by atomic mass is 10.1. The average Bonchev–Trinajstić information content (AvgIpc) is 2.45. The maximum Gasteiger partial charge on any atom is 0.0619 e. The van der Waals surface area contributed by atoms with Gasteiger partial charge in [0.15, 0.2) is 0 Å². The number of halogens is 2. The molecule has 100 valence electrons. The molecule has 3 aromatic rings. The van der Waals surface area contributed by atoms with Crippen LogP contribution >= 0.6 is 27.5 Å². The second-order valence-corrected chi connectivity index (χ2v) is 5.79. The van der Waals surface area contributed by atoms with Gasteiger partial charge >= 0.3 is 0 Å². The topological polar surface area (TPSA) is 38.0 Å². The van der Waals surface area contributed by atoms with Crippen LogP contribution in [0.2, 0.25) is 5.02 Å². The van der Waals surface area contributed by atoms with Gasteiger partial charge < -0.3 is 11.1 Å². The van der Waals surface area contributed by atoms with Gasteiger partial charge in [0.1, 0.15) is 0 Å². The Hall–Kier alpha value is -1.71. The molecule has 4 heteroatoms. The number of hydrogen-bond acceptors (Lipinski definition) is 2. The minimum atomic E-state index is 0.629. The highest BCUT2D eigenvalue weighted by Crippen LogP contribution is 2.33. The predicted molar refractivity (Wildman–Crippen MR) is 90.8 cm³/mol. The molecule has 0 radical (unpaired) electrons. The molecule has 3 rings (SSSR count). The first-order valence-electron chi connectivity index (χ1n) is 6.14. The smallest absolute Gasteiger partial charge is 0.0619 e. The van der Waals surface area contributed by atoms with Crippen LogP contribution in [0.5, 0.6) is 0 Å². The lowest BCUT2D eigenvalue weighted by Crippen LogP contribution is -1.96. The van der Waals surface area contributed by atoms with Gasteiger partial charge in [0.2, 0.25) is 0 Å². The summed E-state index contributed by atoms with van der Waals surface area (Å²) in [5, 5.41) is 6.29. The normalized spacial score (nSPS) is 10.7. The molecule has 2 nitrogen and oxygen atoms in total. The van der Waals surface area contributed by atoms with Crippen LogP contribution in [0, 0.1) is 0 Å². The van der Waals surface area contributed by atoms with E-state index < -0.39 is 0 Å². The summed E-state index contributed by atoms with van der Waals surface area (Å²) >= 11 is 9.49. The number of rotatable bonds is 2. The van der Waals surface area contributed by atoms with Gasteiger partial charge in [0.25, 0.3) is 0 Å². The fourth-order valence-corrected chi connectivity index (χ4v) is 2.82. The summed E-state index contributed by atoms with van der Waals surface area (Å²) in [6.07, 6.45) is 0. The molecule has 3 aromatic carbocycles. The Morgan fingerprint density at radius 3 is 2.35 bits per heavy atom. The summed E-state index contributed by atoms with van der Waals surface area (Å²) in [4.78, 5) is 0. The highest BCUT2D eigenvalue weighted by Gasteiger charge is 2.06. The maximum absolute atomic E-state index is 5.99. The van der Waals surface area contributed by atoms with Gasteiger partial charge in [-0.15, -0.1) is 0 Å². The maximum atomic E-state index is 5.99. The van der Waals surface area contributed by atoms with Crippen molar-refractivity contribution < 1.29 is 0 Å². The number of fused-ring (bicyclic) bond motifs is 1. The van der Waals surface area contributed by atoms with Crippen LogP contribution in [-0.2, 0) is 0 Å². The Labute approximate surface area is 130 Å². The van der Waals surface area contributed by atoms with Crippen molar-refractivity contribution in [2.24, 2.45) is 0 Å². The number of nitrogen functional groups attached to an aromatic ring is 1. The van der Waals surface area contributed by atoms with E-state index in [4.69, 9.17) is 17.3 Å². The van der Waals surface area contributed by atoms with Gasteiger partial charge in [0, 0.05) is 20.6 Å². The van der Waals surface area contributed by atoms with Crippen LogP contribution < -0.4 is 11.1 Å². The first-order chi connectivity index (χ1) is 9.65. The molecular weight excluding hydrogens is 336 g/mol. The van der Waals surface area contributed by atoms with Gasteiger partial charge in [-0.05, 0) is 35.7 Å². The summed E-state index contributed by atoms with van der Waals surface area (Å²) in [7, 11) is 0. The number of nitrogens with two attached hydrogens (primary N) is 1. The van der Waals surface area contributed by atoms with Crippen molar-refractivity contribution >= 4 is 55.4 Å². The summed E-state index contributed by atoms with van der Waals surface area (Å²) < 4.78 is 1.07. The monoisotopic (exact) mass is 346 g/mol. The van der Waals surface area contributed by atoms with E-state index in [1.807, 2.05) is 36.4 Å². The van der Waals surface area contributed by atoms with E-state index in [9.17, 15) is 0 Å². The fraction of sp³-hybridized carbons (Fsp3) is 0. The van der Waals surface area contributed by atoms with Crippen molar-refractivity contribution in [3.63, 3.8) is 0 Å². The molecule has 0 aromatic heterocycles. The van der Waals surface area contributed by atoms with Crippen molar-refractivity contribution in [1.29, 1.82) is 0 Å². The third-order valence-electron chi connectivity index (χ3n) is 3.15. The van der Waals surface area contributed by atoms with Gasteiger partial charge in [0.05, 0.1) is 11.4 Å². The lowest BCUT2D eigenvalue weighted by Gasteiger charge is -2.13. The van der Waals surface area contributed by atoms with E-state index in [0.717, 1.165) is 26.6 Å². The minimum Gasteiger partial charge on any atom is -0.397 e. The van der Waals surface area contributed by atoms with Gasteiger partial charge in [-0.25, -0.2) is 0 Å². The summed E-state index contributed by atoms with van der Waals surface area (Å²) in [6.45, 7) is 0. The molecule has 0 aliphatic carbocycles. The molecule has 0 aliphatic rings. The molecule has 20 heavy (non-hydrogen) atoms. The Kier molecular flexibility index (Phi) is 3.55. The SMILES string of the molecule is Nc1cc(Cl)ccc1Nc1ccc(Br)c2ccccc12. The van der Waals surface area contributed by atoms with Crippen molar-refractivity contribution in [3.8, 4) is 0 Å². The molecular formula is C16H12BrClN2. The van der Waals surface area contributed by atoms with Gasteiger partial charge in [-0.1, -0.05) is 51.8 Å². The number of benzene rings is 3. The third-order valence-corrected chi connectivity index (χ3v) is 4.08. The van der Waals surface area contributed by atoms with Crippen molar-refractivity contribution in [2.45, 2.75) is 0 Å². The largest absolute Gasteiger partial charge is 0.397 e.